The van der Waals surface area contributed by atoms with Gasteiger partial charge in [0, 0.05) is 32.2 Å². The minimum Gasteiger partial charge on any atom is -0.396 e. The summed E-state index contributed by atoms with van der Waals surface area (Å²) in [5.41, 5.74) is 0.445. The van der Waals surface area contributed by atoms with Gasteiger partial charge >= 0.3 is 0 Å². The van der Waals surface area contributed by atoms with Crippen molar-refractivity contribution in [3.63, 3.8) is 0 Å². The van der Waals surface area contributed by atoms with Crippen LogP contribution >= 0.6 is 0 Å². The van der Waals surface area contributed by atoms with Crippen LogP contribution in [0, 0.1) is 11.3 Å². The van der Waals surface area contributed by atoms with Crippen molar-refractivity contribution in [1.29, 1.82) is 0 Å². The Hall–Kier alpha value is -0.0800. The molecule has 0 atom stereocenters. The SMILES string of the molecule is CCC(C)(C)CN1CC(CO)C1. The van der Waals surface area contributed by atoms with Crippen LogP contribution in [0.4, 0.5) is 0 Å². The fourth-order valence-electron chi connectivity index (χ4n) is 1.64. The Bertz CT molecular complexity index is 139. The third kappa shape index (κ3) is 2.46. The van der Waals surface area contributed by atoms with E-state index in [1.807, 2.05) is 0 Å². The van der Waals surface area contributed by atoms with Gasteiger partial charge in [0.2, 0.25) is 0 Å². The Kier molecular flexibility index (Phi) is 3.13. The second-order valence-corrected chi connectivity index (χ2v) is 4.76. The summed E-state index contributed by atoms with van der Waals surface area (Å²) in [7, 11) is 0. The second-order valence-electron chi connectivity index (χ2n) is 4.76. The van der Waals surface area contributed by atoms with E-state index in [0.717, 1.165) is 13.1 Å². The Balaban J connectivity index is 2.18. The maximum absolute atomic E-state index is 8.83. The fraction of sp³-hybridized carbons (Fsp3) is 1.00. The van der Waals surface area contributed by atoms with Crippen LogP contribution in [0.5, 0.6) is 0 Å². The summed E-state index contributed by atoms with van der Waals surface area (Å²) in [6.45, 7) is 10.6. The van der Waals surface area contributed by atoms with E-state index in [2.05, 4.69) is 25.7 Å². The van der Waals surface area contributed by atoms with Crippen molar-refractivity contribution in [3.8, 4) is 0 Å². The molecule has 2 heteroatoms. The number of likely N-dealkylation sites (tertiary alicyclic amines) is 1. The standard InChI is InChI=1S/C10H21NO/c1-4-10(2,3)8-11-5-9(6-11)7-12/h9,12H,4-8H2,1-3H3. The van der Waals surface area contributed by atoms with Gasteiger partial charge < -0.3 is 10.0 Å². The van der Waals surface area contributed by atoms with Gasteiger partial charge in [-0.15, -0.1) is 0 Å². The third-order valence-corrected chi connectivity index (χ3v) is 2.90. The van der Waals surface area contributed by atoms with Crippen molar-refractivity contribution >= 4 is 0 Å². The first-order valence-corrected chi connectivity index (χ1v) is 4.90. The highest BCUT2D eigenvalue weighted by Gasteiger charge is 2.29. The lowest BCUT2D eigenvalue weighted by atomic mass is 9.87. The number of hydrogen-bond donors (Lipinski definition) is 1. The van der Waals surface area contributed by atoms with Crippen LogP contribution in [0.15, 0.2) is 0 Å². The first-order chi connectivity index (χ1) is 5.57. The molecular weight excluding hydrogens is 150 g/mol. The summed E-state index contributed by atoms with van der Waals surface area (Å²) in [4.78, 5) is 2.43. The van der Waals surface area contributed by atoms with Crippen LogP contribution in [0.1, 0.15) is 27.2 Å². The molecule has 72 valence electrons. The van der Waals surface area contributed by atoms with Gasteiger partial charge in [0.25, 0.3) is 0 Å². The molecule has 0 aliphatic carbocycles. The average Bonchev–Trinajstić information content (AvgIpc) is 1.96. The minimum atomic E-state index is 0.364. The third-order valence-electron chi connectivity index (χ3n) is 2.90. The molecule has 0 aromatic heterocycles. The van der Waals surface area contributed by atoms with Crippen molar-refractivity contribution in [1.82, 2.24) is 4.90 Å². The van der Waals surface area contributed by atoms with Crippen molar-refractivity contribution in [2.24, 2.45) is 11.3 Å². The molecule has 1 heterocycles. The molecule has 1 N–H and O–H groups in total. The van der Waals surface area contributed by atoms with Gasteiger partial charge in [0.05, 0.1) is 0 Å². The maximum atomic E-state index is 8.83. The zero-order chi connectivity index (χ0) is 9.19. The van der Waals surface area contributed by atoms with Gasteiger partial charge in [-0.2, -0.15) is 0 Å². The van der Waals surface area contributed by atoms with Crippen LogP contribution < -0.4 is 0 Å². The largest absolute Gasteiger partial charge is 0.396 e. The smallest absolute Gasteiger partial charge is 0.0483 e. The number of nitrogens with zero attached hydrogens (tertiary/aromatic N) is 1. The number of aliphatic hydroxyl groups is 1. The number of rotatable bonds is 4. The highest BCUT2D eigenvalue weighted by atomic mass is 16.3. The Morgan fingerprint density at radius 2 is 2.00 bits per heavy atom. The second kappa shape index (κ2) is 3.75. The number of hydrogen-bond acceptors (Lipinski definition) is 2. The Morgan fingerprint density at radius 1 is 1.42 bits per heavy atom. The van der Waals surface area contributed by atoms with Gasteiger partial charge in [-0.3, -0.25) is 0 Å². The first kappa shape index (κ1) is 10.0. The molecule has 12 heavy (non-hydrogen) atoms. The maximum Gasteiger partial charge on any atom is 0.0483 e. The quantitative estimate of drug-likeness (QED) is 0.690. The van der Waals surface area contributed by atoms with E-state index < -0.39 is 0 Å². The van der Waals surface area contributed by atoms with Gasteiger partial charge in [-0.05, 0) is 11.8 Å². The Labute approximate surface area is 75.6 Å². The lowest BCUT2D eigenvalue weighted by Gasteiger charge is -2.42. The molecule has 1 fully saturated rings. The average molecular weight is 171 g/mol. The highest BCUT2D eigenvalue weighted by molar-refractivity contribution is 4.83. The fourth-order valence-corrected chi connectivity index (χ4v) is 1.64. The van der Waals surface area contributed by atoms with E-state index in [4.69, 9.17) is 5.11 Å². The molecule has 0 radical (unpaired) electrons. The molecule has 0 saturated carbocycles. The van der Waals surface area contributed by atoms with E-state index in [-0.39, 0.29) is 0 Å². The van der Waals surface area contributed by atoms with Crippen LogP contribution in [-0.2, 0) is 0 Å². The first-order valence-electron chi connectivity index (χ1n) is 4.90. The lowest BCUT2D eigenvalue weighted by Crippen LogP contribution is -2.51. The van der Waals surface area contributed by atoms with E-state index in [9.17, 15) is 0 Å². The summed E-state index contributed by atoms with van der Waals surface area (Å²) < 4.78 is 0. The zero-order valence-electron chi connectivity index (χ0n) is 8.51. The predicted molar refractivity (Wildman–Crippen MR) is 51.1 cm³/mol. The monoisotopic (exact) mass is 171 g/mol. The lowest BCUT2D eigenvalue weighted by molar-refractivity contribution is 0.0253. The van der Waals surface area contributed by atoms with Crippen molar-refractivity contribution in [2.75, 3.05) is 26.2 Å². The molecule has 0 amide bonds. The van der Waals surface area contributed by atoms with Crippen molar-refractivity contribution < 1.29 is 5.11 Å². The molecule has 1 aliphatic heterocycles. The topological polar surface area (TPSA) is 23.5 Å². The van der Waals surface area contributed by atoms with Crippen LogP contribution in [0.3, 0.4) is 0 Å². The molecule has 0 unspecified atom stereocenters. The molecule has 0 bridgehead atoms. The van der Waals surface area contributed by atoms with Crippen LogP contribution in [0.25, 0.3) is 0 Å². The Morgan fingerprint density at radius 3 is 2.42 bits per heavy atom. The summed E-state index contributed by atoms with van der Waals surface area (Å²) in [5, 5.41) is 8.83. The molecular formula is C10H21NO. The van der Waals surface area contributed by atoms with Gasteiger partial charge in [-0.1, -0.05) is 20.8 Å². The summed E-state index contributed by atoms with van der Waals surface area (Å²) in [5.74, 6) is 0.553. The van der Waals surface area contributed by atoms with E-state index in [0.29, 0.717) is 17.9 Å². The summed E-state index contributed by atoms with van der Waals surface area (Å²) in [6.07, 6.45) is 1.23. The summed E-state index contributed by atoms with van der Waals surface area (Å²) in [6, 6.07) is 0. The van der Waals surface area contributed by atoms with Gasteiger partial charge in [0.1, 0.15) is 0 Å². The van der Waals surface area contributed by atoms with E-state index in [1.165, 1.54) is 13.0 Å². The van der Waals surface area contributed by atoms with Gasteiger partial charge in [-0.25, -0.2) is 0 Å². The molecule has 1 aliphatic rings. The number of aliphatic hydroxyl groups excluding tert-OH is 1. The normalized spacial score (nSPS) is 21.0. The van der Waals surface area contributed by atoms with Crippen LogP contribution in [0.2, 0.25) is 0 Å². The van der Waals surface area contributed by atoms with Crippen molar-refractivity contribution in [3.05, 3.63) is 0 Å². The van der Waals surface area contributed by atoms with E-state index in [1.54, 1.807) is 0 Å². The summed E-state index contributed by atoms with van der Waals surface area (Å²) >= 11 is 0. The molecule has 1 saturated heterocycles. The predicted octanol–water partition coefficient (Wildman–Crippen LogP) is 1.35. The molecule has 1 rings (SSSR count). The molecule has 0 aromatic carbocycles. The highest BCUT2D eigenvalue weighted by Crippen LogP contribution is 2.25. The molecule has 0 spiro atoms. The minimum absolute atomic E-state index is 0.364. The molecule has 2 nitrogen and oxygen atoms in total. The zero-order valence-corrected chi connectivity index (χ0v) is 8.51. The van der Waals surface area contributed by atoms with Crippen molar-refractivity contribution in [2.45, 2.75) is 27.2 Å². The van der Waals surface area contributed by atoms with Gasteiger partial charge in [0.15, 0.2) is 0 Å². The molecule has 0 aromatic rings. The van der Waals surface area contributed by atoms with E-state index >= 15 is 0 Å². The van der Waals surface area contributed by atoms with Crippen LogP contribution in [-0.4, -0.2) is 36.2 Å².